The van der Waals surface area contributed by atoms with Gasteiger partial charge >= 0.3 is 0 Å². The van der Waals surface area contributed by atoms with Gasteiger partial charge in [-0.2, -0.15) is 4.31 Å². The van der Waals surface area contributed by atoms with Crippen LogP contribution in [0.25, 0.3) is 0 Å². The van der Waals surface area contributed by atoms with Crippen molar-refractivity contribution in [2.45, 2.75) is 11.8 Å². The number of carbonyl (C=O) groups excluding carboxylic acids is 1. The number of hydrogen-bond acceptors (Lipinski definition) is 5. The highest BCUT2D eigenvalue weighted by Gasteiger charge is 2.30. The molecule has 1 aromatic carbocycles. The average Bonchev–Trinajstić information content (AvgIpc) is 2.86. The Morgan fingerprint density at radius 2 is 1.81 bits per heavy atom. The molecular formula is C18H26FN3O4S. The lowest BCUT2D eigenvalue weighted by atomic mass is 10.2. The number of rotatable bonds is 4. The molecule has 3 rings (SSSR count). The molecule has 2 saturated heterocycles. The summed E-state index contributed by atoms with van der Waals surface area (Å²) < 4.78 is 45.2. The summed E-state index contributed by atoms with van der Waals surface area (Å²) in [4.78, 5) is 16.5. The van der Waals surface area contributed by atoms with Gasteiger partial charge in [0, 0.05) is 39.3 Å². The lowest BCUT2D eigenvalue weighted by Gasteiger charge is -2.35. The van der Waals surface area contributed by atoms with Gasteiger partial charge in [-0.1, -0.05) is 6.92 Å². The summed E-state index contributed by atoms with van der Waals surface area (Å²) in [6, 6.07) is 4.81. The summed E-state index contributed by atoms with van der Waals surface area (Å²) in [7, 11) is -3.67. The Morgan fingerprint density at radius 1 is 1.15 bits per heavy atom. The number of ether oxygens (including phenoxy) is 1. The maximum absolute atomic E-state index is 13.0. The number of carbonyl (C=O) groups is 1. The second-order valence-corrected chi connectivity index (χ2v) is 9.09. The molecule has 7 nitrogen and oxygen atoms in total. The standard InChI is InChI=1S/C18H26FN3O4S/c1-15-12-20(10-11-26-14-15)13-18(23)21-6-8-22(9-7-21)27(24,25)17-4-2-16(19)3-5-17/h2-5,15H,6-14H2,1H3. The summed E-state index contributed by atoms with van der Waals surface area (Å²) in [6.45, 7) is 6.53. The predicted octanol–water partition coefficient (Wildman–Crippen LogP) is 0.627. The van der Waals surface area contributed by atoms with E-state index in [9.17, 15) is 17.6 Å². The highest BCUT2D eigenvalue weighted by atomic mass is 32.2. The van der Waals surface area contributed by atoms with Crippen LogP contribution >= 0.6 is 0 Å². The third kappa shape index (κ3) is 5.04. The van der Waals surface area contributed by atoms with E-state index in [4.69, 9.17) is 4.74 Å². The molecule has 0 N–H and O–H groups in total. The summed E-state index contributed by atoms with van der Waals surface area (Å²) >= 11 is 0. The second kappa shape index (κ2) is 8.64. The van der Waals surface area contributed by atoms with E-state index in [0.717, 1.165) is 25.2 Å². The number of hydrogen-bond donors (Lipinski definition) is 0. The fourth-order valence-electron chi connectivity index (χ4n) is 3.43. The molecule has 150 valence electrons. The lowest BCUT2D eigenvalue weighted by molar-refractivity contribution is -0.133. The average molecular weight is 399 g/mol. The fraction of sp³-hybridized carbons (Fsp3) is 0.611. The van der Waals surface area contributed by atoms with Crippen LogP contribution in [0.5, 0.6) is 0 Å². The van der Waals surface area contributed by atoms with Crippen molar-refractivity contribution in [2.75, 3.05) is 59.0 Å². The Hall–Kier alpha value is -1.55. The van der Waals surface area contributed by atoms with Crippen molar-refractivity contribution in [2.24, 2.45) is 5.92 Å². The summed E-state index contributed by atoms with van der Waals surface area (Å²) in [6.07, 6.45) is 0. The minimum absolute atomic E-state index is 0.0166. The van der Waals surface area contributed by atoms with Crippen LogP contribution in [0.3, 0.4) is 0 Å². The molecule has 1 unspecified atom stereocenters. The zero-order valence-electron chi connectivity index (χ0n) is 15.5. The third-order valence-electron chi connectivity index (χ3n) is 4.93. The molecule has 2 fully saturated rings. The molecular weight excluding hydrogens is 373 g/mol. The highest BCUT2D eigenvalue weighted by Crippen LogP contribution is 2.18. The Kier molecular flexibility index (Phi) is 6.46. The van der Waals surface area contributed by atoms with Gasteiger partial charge in [-0.05, 0) is 30.2 Å². The monoisotopic (exact) mass is 399 g/mol. The normalized spacial score (nSPS) is 23.2. The molecule has 27 heavy (non-hydrogen) atoms. The molecule has 9 heteroatoms. The maximum Gasteiger partial charge on any atom is 0.243 e. The second-order valence-electron chi connectivity index (χ2n) is 7.15. The van der Waals surface area contributed by atoms with E-state index in [1.807, 2.05) is 0 Å². The fourth-order valence-corrected chi connectivity index (χ4v) is 4.85. The number of sulfonamides is 1. The van der Waals surface area contributed by atoms with E-state index in [0.29, 0.717) is 38.8 Å². The highest BCUT2D eigenvalue weighted by molar-refractivity contribution is 7.89. The van der Waals surface area contributed by atoms with Crippen LogP contribution in [0, 0.1) is 11.7 Å². The van der Waals surface area contributed by atoms with Gasteiger partial charge < -0.3 is 9.64 Å². The van der Waals surface area contributed by atoms with Crippen LogP contribution < -0.4 is 0 Å². The van der Waals surface area contributed by atoms with E-state index in [-0.39, 0.29) is 23.9 Å². The smallest absolute Gasteiger partial charge is 0.243 e. The molecule has 0 spiro atoms. The van der Waals surface area contributed by atoms with E-state index in [2.05, 4.69) is 11.8 Å². The van der Waals surface area contributed by atoms with Gasteiger partial charge in [0.05, 0.1) is 24.7 Å². The van der Waals surface area contributed by atoms with Crippen LogP contribution in [-0.2, 0) is 19.6 Å². The Labute approximate surface area is 159 Å². The molecule has 0 saturated carbocycles. The van der Waals surface area contributed by atoms with E-state index < -0.39 is 15.8 Å². The Morgan fingerprint density at radius 3 is 2.48 bits per heavy atom. The molecule has 1 aromatic rings. The molecule has 1 amide bonds. The van der Waals surface area contributed by atoms with Crippen molar-refractivity contribution in [3.63, 3.8) is 0 Å². The summed E-state index contributed by atoms with van der Waals surface area (Å²) in [5.74, 6) is -0.0708. The topological polar surface area (TPSA) is 70.2 Å². The van der Waals surface area contributed by atoms with Gasteiger partial charge in [0.1, 0.15) is 5.82 Å². The van der Waals surface area contributed by atoms with E-state index in [1.54, 1.807) is 4.90 Å². The first-order chi connectivity index (χ1) is 12.9. The minimum Gasteiger partial charge on any atom is -0.380 e. The Bertz CT molecular complexity index is 748. The molecule has 0 aromatic heterocycles. The van der Waals surface area contributed by atoms with Crippen LogP contribution in [0.4, 0.5) is 4.39 Å². The molecule has 0 radical (unpaired) electrons. The first-order valence-electron chi connectivity index (χ1n) is 9.20. The van der Waals surface area contributed by atoms with Crippen LogP contribution in [0.15, 0.2) is 29.2 Å². The SMILES string of the molecule is CC1COCCN(CC(=O)N2CCN(S(=O)(=O)c3ccc(F)cc3)CC2)C1. The van der Waals surface area contributed by atoms with Crippen molar-refractivity contribution in [1.29, 1.82) is 0 Å². The summed E-state index contributed by atoms with van der Waals surface area (Å²) in [5.41, 5.74) is 0. The number of amides is 1. The van der Waals surface area contributed by atoms with Crippen LogP contribution in [0.1, 0.15) is 6.92 Å². The van der Waals surface area contributed by atoms with Crippen LogP contribution in [-0.4, -0.2) is 87.5 Å². The van der Waals surface area contributed by atoms with Gasteiger partial charge in [0.2, 0.25) is 15.9 Å². The van der Waals surface area contributed by atoms with E-state index >= 15 is 0 Å². The number of piperazine rings is 1. The van der Waals surface area contributed by atoms with Crippen molar-refractivity contribution < 1.29 is 22.3 Å². The molecule has 0 bridgehead atoms. The van der Waals surface area contributed by atoms with E-state index in [1.165, 1.54) is 16.4 Å². The first-order valence-corrected chi connectivity index (χ1v) is 10.6. The van der Waals surface area contributed by atoms with Crippen molar-refractivity contribution in [3.05, 3.63) is 30.1 Å². The van der Waals surface area contributed by atoms with Gasteiger partial charge in [-0.15, -0.1) is 0 Å². The third-order valence-corrected chi connectivity index (χ3v) is 6.84. The van der Waals surface area contributed by atoms with Gasteiger partial charge in [-0.25, -0.2) is 12.8 Å². The lowest BCUT2D eigenvalue weighted by Crippen LogP contribution is -2.52. The van der Waals surface area contributed by atoms with Gasteiger partial charge in [0.25, 0.3) is 0 Å². The van der Waals surface area contributed by atoms with Crippen molar-refractivity contribution >= 4 is 15.9 Å². The number of benzene rings is 1. The molecule has 2 heterocycles. The van der Waals surface area contributed by atoms with Gasteiger partial charge in [0.15, 0.2) is 0 Å². The molecule has 2 aliphatic rings. The molecule has 0 aliphatic carbocycles. The van der Waals surface area contributed by atoms with Crippen molar-refractivity contribution in [3.8, 4) is 0 Å². The van der Waals surface area contributed by atoms with Crippen LogP contribution in [0.2, 0.25) is 0 Å². The predicted molar refractivity (Wildman–Crippen MR) is 98.2 cm³/mol. The molecule has 2 aliphatic heterocycles. The number of nitrogens with zero attached hydrogens (tertiary/aromatic N) is 3. The summed E-state index contributed by atoms with van der Waals surface area (Å²) in [5, 5.41) is 0. The maximum atomic E-state index is 13.0. The minimum atomic E-state index is -3.67. The number of halogens is 1. The first kappa shape index (κ1) is 20.2. The largest absolute Gasteiger partial charge is 0.380 e. The zero-order valence-corrected chi connectivity index (χ0v) is 16.3. The molecule has 1 atom stereocenters. The Balaban J connectivity index is 1.55. The zero-order chi connectivity index (χ0) is 19.4. The van der Waals surface area contributed by atoms with Gasteiger partial charge in [-0.3, -0.25) is 9.69 Å². The van der Waals surface area contributed by atoms with Crippen molar-refractivity contribution in [1.82, 2.24) is 14.1 Å². The quantitative estimate of drug-likeness (QED) is 0.743.